The van der Waals surface area contributed by atoms with Gasteiger partial charge in [0.1, 0.15) is 17.6 Å². The lowest BCUT2D eigenvalue weighted by atomic mass is 9.73. The van der Waals surface area contributed by atoms with Crippen molar-refractivity contribution in [3.8, 4) is 6.07 Å². The number of anilines is 1. The van der Waals surface area contributed by atoms with E-state index in [0.717, 1.165) is 0 Å². The summed E-state index contributed by atoms with van der Waals surface area (Å²) in [5.74, 6) is -1.33. The maximum absolute atomic E-state index is 13.9. The van der Waals surface area contributed by atoms with Crippen LogP contribution in [0.4, 0.5) is 14.9 Å². The second-order valence-electron chi connectivity index (χ2n) is 9.59. The maximum Gasteiger partial charge on any atom is 0.323 e. The number of rotatable bonds is 3. The number of nitrogens with zero attached hydrogens (tertiary/aromatic N) is 3. The van der Waals surface area contributed by atoms with Crippen molar-refractivity contribution < 1.29 is 18.8 Å². The molecule has 1 saturated carbocycles. The van der Waals surface area contributed by atoms with Crippen molar-refractivity contribution in [1.29, 1.82) is 5.26 Å². The number of halogens is 1. The third kappa shape index (κ3) is 4.44. The first-order valence-corrected chi connectivity index (χ1v) is 12.3. The molecule has 5 rings (SSSR count). The van der Waals surface area contributed by atoms with Crippen molar-refractivity contribution in [2.75, 3.05) is 31.5 Å². The number of Topliss-reactive ketones (excluding diaryl/α,β-unsaturated/α-hetero) is 1. The molecular formula is C27H28FN5O3. The average Bonchev–Trinajstić information content (AvgIpc) is 3.26. The lowest BCUT2D eigenvalue weighted by molar-refractivity contribution is -0.137. The molecule has 2 aromatic carbocycles. The predicted molar refractivity (Wildman–Crippen MR) is 130 cm³/mol. The summed E-state index contributed by atoms with van der Waals surface area (Å²) in [7, 11) is 0. The standard InChI is InChI=1S/C27H28FN5O3/c28-19-8-10-20(11-9-19)31-27(36)33-24(18-6-4-17(16-29)5-7-18)23-21(2-1-3-22(23)34)25(33)26(35)32-14-12-30-13-15-32/h4-11,21,23-25,30H,1-3,12-15H2,(H,31,36). The van der Waals surface area contributed by atoms with Crippen molar-refractivity contribution in [2.24, 2.45) is 11.8 Å². The highest BCUT2D eigenvalue weighted by Crippen LogP contribution is 2.50. The lowest BCUT2D eigenvalue weighted by Gasteiger charge is -2.36. The van der Waals surface area contributed by atoms with Crippen molar-refractivity contribution in [2.45, 2.75) is 31.3 Å². The number of carbonyl (C=O) groups excluding carboxylic acids is 3. The van der Waals surface area contributed by atoms with Crippen molar-refractivity contribution in [1.82, 2.24) is 15.1 Å². The maximum atomic E-state index is 13.9. The molecule has 2 aromatic rings. The zero-order valence-corrected chi connectivity index (χ0v) is 19.8. The number of ketones is 1. The number of amides is 3. The van der Waals surface area contributed by atoms with Gasteiger partial charge in [0.15, 0.2) is 0 Å². The van der Waals surface area contributed by atoms with Crippen LogP contribution in [0.25, 0.3) is 0 Å². The van der Waals surface area contributed by atoms with Crippen molar-refractivity contribution >= 4 is 23.4 Å². The van der Waals surface area contributed by atoms with Gasteiger partial charge in [0.25, 0.3) is 0 Å². The second kappa shape index (κ2) is 10.1. The van der Waals surface area contributed by atoms with Crippen LogP contribution in [-0.2, 0) is 9.59 Å². The fraction of sp³-hybridized carbons (Fsp3) is 0.407. The summed E-state index contributed by atoms with van der Waals surface area (Å²) in [6.07, 6.45) is 1.76. The first-order valence-electron chi connectivity index (χ1n) is 12.3. The van der Waals surface area contributed by atoms with E-state index in [9.17, 15) is 24.0 Å². The van der Waals surface area contributed by atoms with Crippen molar-refractivity contribution in [3.63, 3.8) is 0 Å². The fourth-order valence-corrected chi connectivity index (χ4v) is 5.88. The van der Waals surface area contributed by atoms with Crippen LogP contribution in [0.5, 0.6) is 0 Å². The van der Waals surface area contributed by atoms with E-state index < -0.39 is 29.8 Å². The summed E-state index contributed by atoms with van der Waals surface area (Å²) in [6.45, 7) is 2.42. The highest BCUT2D eigenvalue weighted by molar-refractivity contribution is 5.97. The monoisotopic (exact) mass is 489 g/mol. The Labute approximate surface area is 209 Å². The molecule has 2 heterocycles. The number of likely N-dealkylation sites (tertiary alicyclic amines) is 1. The normalized spacial score (nSPS) is 25.7. The van der Waals surface area contributed by atoms with Gasteiger partial charge in [-0.2, -0.15) is 5.26 Å². The SMILES string of the molecule is N#Cc1ccc(C2C3C(=O)CCCC3C(C(=O)N3CCNCC3)N2C(=O)Nc2ccc(F)cc2)cc1. The number of urea groups is 1. The number of piperazine rings is 1. The van der Waals surface area contributed by atoms with Gasteiger partial charge in [-0.1, -0.05) is 12.1 Å². The van der Waals surface area contributed by atoms with E-state index in [-0.39, 0.29) is 17.6 Å². The largest absolute Gasteiger partial charge is 0.338 e. The summed E-state index contributed by atoms with van der Waals surface area (Å²) in [4.78, 5) is 44.4. The predicted octanol–water partition coefficient (Wildman–Crippen LogP) is 3.07. The van der Waals surface area contributed by atoms with Crippen LogP contribution in [0.15, 0.2) is 48.5 Å². The molecule has 36 heavy (non-hydrogen) atoms. The minimum Gasteiger partial charge on any atom is -0.338 e. The van der Waals surface area contributed by atoms with Gasteiger partial charge in [-0.3, -0.25) is 9.59 Å². The molecule has 2 N–H and O–H groups in total. The Balaban J connectivity index is 1.57. The van der Waals surface area contributed by atoms with Crippen LogP contribution in [0, 0.1) is 29.0 Å². The van der Waals surface area contributed by atoms with Gasteiger partial charge in [-0.05, 0) is 54.8 Å². The minimum absolute atomic E-state index is 0.0517. The molecule has 2 saturated heterocycles. The van der Waals surface area contributed by atoms with E-state index >= 15 is 0 Å². The second-order valence-corrected chi connectivity index (χ2v) is 9.59. The zero-order valence-electron chi connectivity index (χ0n) is 19.8. The molecule has 0 bridgehead atoms. The molecule has 0 radical (unpaired) electrons. The molecular weight excluding hydrogens is 461 g/mol. The number of nitrogens with one attached hydrogen (secondary N) is 2. The number of carbonyl (C=O) groups is 3. The summed E-state index contributed by atoms with van der Waals surface area (Å²) >= 11 is 0. The molecule has 186 valence electrons. The smallest absolute Gasteiger partial charge is 0.323 e. The molecule has 3 aliphatic rings. The fourth-order valence-electron chi connectivity index (χ4n) is 5.88. The summed E-state index contributed by atoms with van der Waals surface area (Å²) < 4.78 is 13.4. The topological polar surface area (TPSA) is 106 Å². The molecule has 0 aromatic heterocycles. The lowest BCUT2D eigenvalue weighted by Crippen LogP contribution is -2.55. The number of nitriles is 1. The molecule has 2 aliphatic heterocycles. The highest BCUT2D eigenvalue weighted by atomic mass is 19.1. The Morgan fingerprint density at radius 3 is 2.42 bits per heavy atom. The third-order valence-corrected chi connectivity index (χ3v) is 7.53. The number of benzene rings is 2. The first kappa shape index (κ1) is 23.9. The van der Waals surface area contributed by atoms with Crippen molar-refractivity contribution in [3.05, 3.63) is 65.5 Å². The van der Waals surface area contributed by atoms with E-state index in [0.29, 0.717) is 62.3 Å². The van der Waals surface area contributed by atoms with Gasteiger partial charge in [0, 0.05) is 50.1 Å². The van der Waals surface area contributed by atoms with E-state index in [4.69, 9.17) is 0 Å². The van der Waals surface area contributed by atoms with E-state index in [2.05, 4.69) is 16.7 Å². The van der Waals surface area contributed by atoms with Gasteiger partial charge in [-0.15, -0.1) is 0 Å². The molecule has 4 unspecified atom stereocenters. The van der Waals surface area contributed by atoms with Gasteiger partial charge in [0.2, 0.25) is 5.91 Å². The summed E-state index contributed by atoms with van der Waals surface area (Å²) in [5, 5.41) is 15.3. The van der Waals surface area contributed by atoms with E-state index in [1.165, 1.54) is 29.2 Å². The van der Waals surface area contributed by atoms with Gasteiger partial charge < -0.3 is 20.4 Å². The van der Waals surface area contributed by atoms with E-state index in [1.807, 2.05) is 0 Å². The Hall–Kier alpha value is -3.77. The number of hydrogen-bond donors (Lipinski definition) is 2. The van der Waals surface area contributed by atoms with Crippen LogP contribution in [0.2, 0.25) is 0 Å². The highest BCUT2D eigenvalue weighted by Gasteiger charge is 2.58. The summed E-state index contributed by atoms with van der Waals surface area (Å²) in [5.41, 5.74) is 1.58. The molecule has 0 spiro atoms. The van der Waals surface area contributed by atoms with Crippen LogP contribution in [0.3, 0.4) is 0 Å². The molecule has 8 nitrogen and oxygen atoms in total. The molecule has 1 aliphatic carbocycles. The quantitative estimate of drug-likeness (QED) is 0.690. The minimum atomic E-state index is -0.793. The third-order valence-electron chi connectivity index (χ3n) is 7.53. The Morgan fingerprint density at radius 2 is 1.75 bits per heavy atom. The Bertz CT molecular complexity index is 1190. The molecule has 9 heteroatoms. The zero-order chi connectivity index (χ0) is 25.2. The van der Waals surface area contributed by atoms with Crippen LogP contribution in [0.1, 0.15) is 36.4 Å². The van der Waals surface area contributed by atoms with Crippen LogP contribution in [-0.4, -0.2) is 59.7 Å². The van der Waals surface area contributed by atoms with Gasteiger partial charge in [-0.25, -0.2) is 9.18 Å². The summed E-state index contributed by atoms with van der Waals surface area (Å²) in [6, 6.07) is 12.4. The van der Waals surface area contributed by atoms with Gasteiger partial charge in [0.05, 0.1) is 17.7 Å². The first-order chi connectivity index (χ1) is 17.5. The molecule has 3 fully saturated rings. The Kier molecular flexibility index (Phi) is 6.70. The van der Waals surface area contributed by atoms with Gasteiger partial charge >= 0.3 is 6.03 Å². The average molecular weight is 490 g/mol. The van der Waals surface area contributed by atoms with Crippen LogP contribution >= 0.6 is 0 Å². The molecule has 3 amide bonds. The number of hydrogen-bond acceptors (Lipinski definition) is 5. The van der Waals surface area contributed by atoms with Crippen LogP contribution < -0.4 is 10.6 Å². The molecule has 4 atom stereocenters. The number of fused-ring (bicyclic) bond motifs is 1. The Morgan fingerprint density at radius 1 is 1.06 bits per heavy atom. The van der Waals surface area contributed by atoms with E-state index in [1.54, 1.807) is 29.2 Å².